The van der Waals surface area contributed by atoms with Gasteiger partial charge in [-0.1, -0.05) is 0 Å². The van der Waals surface area contributed by atoms with Gasteiger partial charge in [0.2, 0.25) is 5.13 Å². The zero-order valence-electron chi connectivity index (χ0n) is 10.8. The van der Waals surface area contributed by atoms with Gasteiger partial charge in [-0.2, -0.15) is 9.47 Å². The Morgan fingerprint density at radius 1 is 1.58 bits per heavy atom. The molecule has 0 aromatic carbocycles. The zero-order valence-corrected chi connectivity index (χ0v) is 11.7. The molecule has 3 rings (SSSR count). The smallest absolute Gasteiger partial charge is 0.202 e. The first-order chi connectivity index (χ1) is 9.35. The molecule has 1 atom stereocenters. The number of hydrogen-bond acceptors (Lipinski definition) is 6. The molecule has 0 bridgehead atoms. The zero-order chi connectivity index (χ0) is 13.1. The predicted molar refractivity (Wildman–Crippen MR) is 73.5 cm³/mol. The maximum Gasteiger partial charge on any atom is 0.202 e. The summed E-state index contributed by atoms with van der Waals surface area (Å²) in [5.41, 5.74) is 2.59. The van der Waals surface area contributed by atoms with E-state index in [1.807, 2.05) is 6.20 Å². The summed E-state index contributed by atoms with van der Waals surface area (Å²) in [6.07, 6.45) is 5.84. The number of ether oxygens (including phenoxy) is 1. The van der Waals surface area contributed by atoms with E-state index in [1.165, 1.54) is 22.8 Å². The average molecular weight is 279 g/mol. The molecule has 2 heterocycles. The summed E-state index contributed by atoms with van der Waals surface area (Å²) < 4.78 is 9.35. The Bertz CT molecular complexity index is 538. The molecule has 1 unspecified atom stereocenters. The number of aromatic amines is 1. The molecule has 102 valence electrons. The minimum absolute atomic E-state index is 0.424. The van der Waals surface area contributed by atoms with Crippen molar-refractivity contribution in [1.29, 1.82) is 0 Å². The minimum Gasteiger partial charge on any atom is -0.384 e. The fraction of sp³-hybridized carbons (Fsp3) is 0.583. The highest BCUT2D eigenvalue weighted by molar-refractivity contribution is 7.09. The molecule has 19 heavy (non-hydrogen) atoms. The number of H-pyrrole nitrogens is 1. The molecule has 1 aliphatic rings. The molecule has 0 saturated carbocycles. The molecular weight excluding hydrogens is 262 g/mol. The van der Waals surface area contributed by atoms with E-state index >= 15 is 0 Å². The number of aryl methyl sites for hydroxylation is 1. The van der Waals surface area contributed by atoms with Crippen LogP contribution in [-0.4, -0.2) is 39.3 Å². The van der Waals surface area contributed by atoms with E-state index in [1.54, 1.807) is 7.11 Å². The molecular formula is C12H17N5OS. The highest BCUT2D eigenvalue weighted by Crippen LogP contribution is 2.22. The van der Waals surface area contributed by atoms with Crippen molar-refractivity contribution in [2.24, 2.45) is 0 Å². The van der Waals surface area contributed by atoms with Crippen LogP contribution in [0.5, 0.6) is 0 Å². The largest absolute Gasteiger partial charge is 0.384 e. The van der Waals surface area contributed by atoms with Gasteiger partial charge < -0.3 is 10.1 Å². The van der Waals surface area contributed by atoms with E-state index in [-0.39, 0.29) is 0 Å². The molecule has 6 nitrogen and oxygen atoms in total. The number of aromatic nitrogens is 4. The van der Waals surface area contributed by atoms with Gasteiger partial charge >= 0.3 is 0 Å². The monoisotopic (exact) mass is 279 g/mol. The summed E-state index contributed by atoms with van der Waals surface area (Å²) in [4.78, 5) is 4.48. The van der Waals surface area contributed by atoms with E-state index in [0.29, 0.717) is 12.6 Å². The van der Waals surface area contributed by atoms with E-state index in [2.05, 4.69) is 24.9 Å². The number of anilines is 1. The number of rotatable bonds is 5. The molecule has 0 amide bonds. The molecule has 0 radical (unpaired) electrons. The Labute approximate surface area is 115 Å². The summed E-state index contributed by atoms with van der Waals surface area (Å²) in [7, 11) is 1.69. The Kier molecular flexibility index (Phi) is 3.74. The van der Waals surface area contributed by atoms with E-state index in [4.69, 9.17) is 4.74 Å². The molecule has 0 aliphatic heterocycles. The molecule has 0 spiro atoms. The quantitative estimate of drug-likeness (QED) is 0.865. The van der Waals surface area contributed by atoms with Gasteiger partial charge in [0.25, 0.3) is 0 Å². The van der Waals surface area contributed by atoms with Crippen LogP contribution < -0.4 is 5.32 Å². The second-order valence-corrected chi connectivity index (χ2v) is 5.47. The first kappa shape index (κ1) is 12.6. The SMILES string of the molecule is COCCc1nsc(NC2CCc3[nH]ncc3C2)n1. The van der Waals surface area contributed by atoms with Gasteiger partial charge in [-0.25, -0.2) is 4.98 Å². The normalized spacial score (nSPS) is 18.3. The highest BCUT2D eigenvalue weighted by Gasteiger charge is 2.20. The van der Waals surface area contributed by atoms with Crippen molar-refractivity contribution >= 4 is 16.7 Å². The van der Waals surface area contributed by atoms with Crippen molar-refractivity contribution in [2.75, 3.05) is 19.0 Å². The minimum atomic E-state index is 0.424. The molecule has 1 aliphatic carbocycles. The molecule has 2 aromatic heterocycles. The topological polar surface area (TPSA) is 75.7 Å². The van der Waals surface area contributed by atoms with Gasteiger partial charge in [-0.05, 0) is 24.8 Å². The van der Waals surface area contributed by atoms with Gasteiger partial charge in [-0.15, -0.1) is 0 Å². The van der Waals surface area contributed by atoms with Gasteiger partial charge in [0.15, 0.2) is 0 Å². The van der Waals surface area contributed by atoms with Crippen molar-refractivity contribution in [1.82, 2.24) is 19.6 Å². The fourth-order valence-corrected chi connectivity index (χ4v) is 3.01. The Hall–Kier alpha value is -1.47. The summed E-state index contributed by atoms with van der Waals surface area (Å²) in [6.45, 7) is 0.665. The lowest BCUT2D eigenvalue weighted by Crippen LogP contribution is -2.26. The van der Waals surface area contributed by atoms with Crippen LogP contribution in [-0.2, 0) is 24.0 Å². The van der Waals surface area contributed by atoms with Crippen molar-refractivity contribution in [3.05, 3.63) is 23.3 Å². The van der Waals surface area contributed by atoms with Gasteiger partial charge in [0.1, 0.15) is 5.82 Å². The summed E-state index contributed by atoms with van der Waals surface area (Å²) >= 11 is 1.43. The summed E-state index contributed by atoms with van der Waals surface area (Å²) in [5, 5.41) is 11.5. The first-order valence-corrected chi connectivity index (χ1v) is 7.21. The Balaban J connectivity index is 1.58. The summed E-state index contributed by atoms with van der Waals surface area (Å²) in [5.74, 6) is 0.856. The third-order valence-electron chi connectivity index (χ3n) is 3.34. The lowest BCUT2D eigenvalue weighted by Gasteiger charge is -2.22. The lowest BCUT2D eigenvalue weighted by molar-refractivity contribution is 0.201. The lowest BCUT2D eigenvalue weighted by atomic mass is 9.94. The van der Waals surface area contributed by atoms with Crippen LogP contribution in [0.15, 0.2) is 6.20 Å². The second kappa shape index (κ2) is 5.66. The Morgan fingerprint density at radius 2 is 2.53 bits per heavy atom. The van der Waals surface area contributed by atoms with Crippen LogP contribution in [0.1, 0.15) is 23.5 Å². The van der Waals surface area contributed by atoms with Crippen molar-refractivity contribution in [3.63, 3.8) is 0 Å². The highest BCUT2D eigenvalue weighted by atomic mass is 32.1. The number of fused-ring (bicyclic) bond motifs is 1. The van der Waals surface area contributed by atoms with Crippen molar-refractivity contribution in [2.45, 2.75) is 31.7 Å². The van der Waals surface area contributed by atoms with E-state index in [0.717, 1.165) is 36.6 Å². The van der Waals surface area contributed by atoms with E-state index < -0.39 is 0 Å². The van der Waals surface area contributed by atoms with Crippen molar-refractivity contribution in [3.8, 4) is 0 Å². The van der Waals surface area contributed by atoms with Crippen LogP contribution in [0.2, 0.25) is 0 Å². The molecule has 2 N–H and O–H groups in total. The standard InChI is InChI=1S/C12H17N5OS/c1-18-5-4-11-15-12(19-17-11)14-9-2-3-10-8(6-9)7-13-16-10/h7,9H,2-6H2,1H3,(H,13,16)(H,14,15,17). The maximum absolute atomic E-state index is 5.03. The van der Waals surface area contributed by atoms with Crippen LogP contribution >= 0.6 is 11.5 Å². The Morgan fingerprint density at radius 3 is 3.42 bits per heavy atom. The predicted octanol–water partition coefficient (Wildman–Crippen LogP) is 1.42. The molecule has 0 saturated heterocycles. The van der Waals surface area contributed by atoms with Gasteiger partial charge in [-0.3, -0.25) is 5.10 Å². The van der Waals surface area contributed by atoms with Crippen LogP contribution in [0.4, 0.5) is 5.13 Å². The number of hydrogen-bond donors (Lipinski definition) is 2. The molecule has 0 fully saturated rings. The van der Waals surface area contributed by atoms with Crippen molar-refractivity contribution < 1.29 is 4.74 Å². The average Bonchev–Trinajstić information content (AvgIpc) is 3.05. The van der Waals surface area contributed by atoms with Gasteiger partial charge in [0.05, 0.1) is 12.8 Å². The maximum atomic E-state index is 5.03. The van der Waals surface area contributed by atoms with Crippen LogP contribution in [0.3, 0.4) is 0 Å². The van der Waals surface area contributed by atoms with Crippen LogP contribution in [0.25, 0.3) is 0 Å². The fourth-order valence-electron chi connectivity index (χ4n) is 2.32. The summed E-state index contributed by atoms with van der Waals surface area (Å²) in [6, 6.07) is 0.424. The molecule has 2 aromatic rings. The number of nitrogens with zero attached hydrogens (tertiary/aromatic N) is 3. The van der Waals surface area contributed by atoms with Crippen LogP contribution in [0, 0.1) is 0 Å². The number of methoxy groups -OCH3 is 1. The first-order valence-electron chi connectivity index (χ1n) is 6.44. The third kappa shape index (κ3) is 2.93. The third-order valence-corrected chi connectivity index (χ3v) is 4.03. The van der Waals surface area contributed by atoms with Gasteiger partial charge in [0, 0.05) is 36.8 Å². The number of nitrogens with one attached hydrogen (secondary N) is 2. The molecule has 7 heteroatoms. The van der Waals surface area contributed by atoms with E-state index in [9.17, 15) is 0 Å². The second-order valence-electron chi connectivity index (χ2n) is 4.72.